The van der Waals surface area contributed by atoms with Crippen molar-refractivity contribution in [3.8, 4) is 5.75 Å². The number of amides is 3. The summed E-state index contributed by atoms with van der Waals surface area (Å²) in [5.41, 5.74) is 1.02. The van der Waals surface area contributed by atoms with Crippen LogP contribution in [0.5, 0.6) is 5.75 Å². The third-order valence-electron chi connectivity index (χ3n) is 3.82. The Morgan fingerprint density at radius 3 is 2.73 bits per heavy atom. The van der Waals surface area contributed by atoms with Crippen LogP contribution >= 0.6 is 0 Å². The van der Waals surface area contributed by atoms with Crippen molar-refractivity contribution in [1.29, 1.82) is 0 Å². The molecule has 1 aliphatic heterocycles. The highest BCUT2D eigenvalue weighted by Gasteiger charge is 2.22. The molecule has 1 aliphatic rings. The van der Waals surface area contributed by atoms with E-state index in [0.717, 1.165) is 37.2 Å². The predicted molar refractivity (Wildman–Crippen MR) is 83.8 cm³/mol. The van der Waals surface area contributed by atoms with E-state index in [4.69, 9.17) is 4.74 Å². The monoisotopic (exact) mass is 305 g/mol. The van der Waals surface area contributed by atoms with E-state index < -0.39 is 6.03 Å². The van der Waals surface area contributed by atoms with E-state index in [9.17, 15) is 9.59 Å². The Morgan fingerprint density at radius 2 is 2.00 bits per heavy atom. The van der Waals surface area contributed by atoms with Gasteiger partial charge in [-0.1, -0.05) is 18.2 Å². The second-order valence-electron chi connectivity index (χ2n) is 5.33. The highest BCUT2D eigenvalue weighted by Crippen LogP contribution is 2.17. The Labute approximate surface area is 130 Å². The van der Waals surface area contributed by atoms with Crippen LogP contribution in [0, 0.1) is 5.92 Å². The summed E-state index contributed by atoms with van der Waals surface area (Å²) in [5, 5.41) is 8.32. The molecule has 22 heavy (non-hydrogen) atoms. The number of carbonyl (C=O) groups excluding carboxylic acids is 2. The molecule has 1 saturated heterocycles. The summed E-state index contributed by atoms with van der Waals surface area (Å²) in [7, 11) is 1.62. The quantitative estimate of drug-likeness (QED) is 0.760. The van der Waals surface area contributed by atoms with Crippen molar-refractivity contribution in [1.82, 2.24) is 16.0 Å². The molecule has 1 heterocycles. The number of urea groups is 1. The SMILES string of the molecule is COc1ccccc1CCNC(=O)NC(=O)C1CCNCC1. The molecule has 1 fully saturated rings. The second-order valence-corrected chi connectivity index (χ2v) is 5.33. The van der Waals surface area contributed by atoms with Crippen LogP contribution in [0.4, 0.5) is 4.79 Å². The Bertz CT molecular complexity index is 513. The molecule has 0 aromatic heterocycles. The molecule has 0 unspecified atom stereocenters. The summed E-state index contributed by atoms with van der Waals surface area (Å²) in [6, 6.07) is 7.24. The first-order chi connectivity index (χ1) is 10.7. The zero-order chi connectivity index (χ0) is 15.8. The first-order valence-electron chi connectivity index (χ1n) is 7.62. The van der Waals surface area contributed by atoms with Crippen LogP contribution in [0.3, 0.4) is 0 Å². The van der Waals surface area contributed by atoms with Crippen LogP contribution in [0.1, 0.15) is 18.4 Å². The molecule has 1 aromatic rings. The van der Waals surface area contributed by atoms with Gasteiger partial charge in [-0.15, -0.1) is 0 Å². The number of carbonyl (C=O) groups is 2. The maximum absolute atomic E-state index is 11.9. The molecule has 0 spiro atoms. The number of piperidine rings is 1. The lowest BCUT2D eigenvalue weighted by Crippen LogP contribution is -2.45. The molecular formula is C16H23N3O3. The Hall–Kier alpha value is -2.08. The first-order valence-corrected chi connectivity index (χ1v) is 7.62. The van der Waals surface area contributed by atoms with Gasteiger partial charge in [0.05, 0.1) is 7.11 Å². The van der Waals surface area contributed by atoms with E-state index in [-0.39, 0.29) is 11.8 Å². The summed E-state index contributed by atoms with van der Waals surface area (Å²) in [6.07, 6.45) is 2.21. The summed E-state index contributed by atoms with van der Waals surface area (Å²) in [5.74, 6) is 0.549. The summed E-state index contributed by atoms with van der Waals surface area (Å²) < 4.78 is 5.26. The molecular weight excluding hydrogens is 282 g/mol. The van der Waals surface area contributed by atoms with E-state index in [0.29, 0.717) is 13.0 Å². The topological polar surface area (TPSA) is 79.5 Å². The van der Waals surface area contributed by atoms with Gasteiger partial charge in [0.25, 0.3) is 0 Å². The molecule has 0 bridgehead atoms. The number of methoxy groups -OCH3 is 1. The van der Waals surface area contributed by atoms with Gasteiger partial charge in [0.1, 0.15) is 5.75 Å². The number of hydrogen-bond acceptors (Lipinski definition) is 4. The largest absolute Gasteiger partial charge is 0.496 e. The molecule has 0 atom stereocenters. The molecule has 2 rings (SSSR count). The summed E-state index contributed by atoms with van der Waals surface area (Å²) in [6.45, 7) is 2.10. The Balaban J connectivity index is 1.72. The zero-order valence-electron chi connectivity index (χ0n) is 12.9. The highest BCUT2D eigenvalue weighted by molar-refractivity contribution is 5.95. The summed E-state index contributed by atoms with van der Waals surface area (Å²) in [4.78, 5) is 23.7. The third kappa shape index (κ3) is 4.73. The fourth-order valence-electron chi connectivity index (χ4n) is 2.56. The number of benzene rings is 1. The van der Waals surface area contributed by atoms with Crippen molar-refractivity contribution in [3.05, 3.63) is 29.8 Å². The number of ether oxygens (including phenoxy) is 1. The van der Waals surface area contributed by atoms with Crippen LogP contribution < -0.4 is 20.7 Å². The number of para-hydroxylation sites is 1. The average molecular weight is 305 g/mol. The standard InChI is InChI=1S/C16H23N3O3/c1-22-14-5-3-2-4-12(14)8-11-18-16(21)19-15(20)13-6-9-17-10-7-13/h2-5,13,17H,6-11H2,1H3,(H2,18,19,20,21). The van der Waals surface area contributed by atoms with Gasteiger partial charge in [-0.3, -0.25) is 10.1 Å². The molecule has 1 aromatic carbocycles. The molecule has 120 valence electrons. The molecule has 0 radical (unpaired) electrons. The fourth-order valence-corrected chi connectivity index (χ4v) is 2.56. The first kappa shape index (κ1) is 16.3. The van der Waals surface area contributed by atoms with Crippen molar-refractivity contribution in [2.45, 2.75) is 19.3 Å². The van der Waals surface area contributed by atoms with Gasteiger partial charge >= 0.3 is 6.03 Å². The lowest BCUT2D eigenvalue weighted by atomic mass is 9.97. The van der Waals surface area contributed by atoms with Gasteiger partial charge in [-0.25, -0.2) is 4.79 Å². The summed E-state index contributed by atoms with van der Waals surface area (Å²) >= 11 is 0. The maximum Gasteiger partial charge on any atom is 0.321 e. The van der Waals surface area contributed by atoms with Crippen molar-refractivity contribution in [2.24, 2.45) is 5.92 Å². The fraction of sp³-hybridized carbons (Fsp3) is 0.500. The highest BCUT2D eigenvalue weighted by atomic mass is 16.5. The van der Waals surface area contributed by atoms with E-state index in [1.165, 1.54) is 0 Å². The van der Waals surface area contributed by atoms with E-state index in [2.05, 4.69) is 16.0 Å². The molecule has 0 aliphatic carbocycles. The Morgan fingerprint density at radius 1 is 1.27 bits per heavy atom. The minimum atomic E-state index is -0.432. The predicted octanol–water partition coefficient (Wildman–Crippen LogP) is 1.06. The van der Waals surface area contributed by atoms with E-state index in [1.54, 1.807) is 7.11 Å². The van der Waals surface area contributed by atoms with Crippen molar-refractivity contribution in [2.75, 3.05) is 26.7 Å². The molecule has 3 N–H and O–H groups in total. The van der Waals surface area contributed by atoms with E-state index in [1.807, 2.05) is 24.3 Å². The average Bonchev–Trinajstić information content (AvgIpc) is 2.56. The van der Waals surface area contributed by atoms with Crippen molar-refractivity contribution >= 4 is 11.9 Å². The lowest BCUT2D eigenvalue weighted by Gasteiger charge is -2.21. The van der Waals surface area contributed by atoms with Gasteiger partial charge in [-0.2, -0.15) is 0 Å². The minimum Gasteiger partial charge on any atom is -0.496 e. The van der Waals surface area contributed by atoms with Gasteiger partial charge in [0.15, 0.2) is 0 Å². The van der Waals surface area contributed by atoms with Crippen molar-refractivity contribution in [3.63, 3.8) is 0 Å². The lowest BCUT2D eigenvalue weighted by molar-refractivity contribution is -0.124. The molecule has 3 amide bonds. The van der Waals surface area contributed by atoms with Crippen molar-refractivity contribution < 1.29 is 14.3 Å². The van der Waals surface area contributed by atoms with Crippen LogP contribution in [0.15, 0.2) is 24.3 Å². The number of nitrogens with one attached hydrogen (secondary N) is 3. The normalized spacial score (nSPS) is 15.1. The number of hydrogen-bond donors (Lipinski definition) is 3. The van der Waals surface area contributed by atoms with Crippen LogP contribution in [-0.4, -0.2) is 38.7 Å². The number of rotatable bonds is 5. The number of imide groups is 1. The molecule has 6 nitrogen and oxygen atoms in total. The second kappa shape index (κ2) is 8.38. The van der Waals surface area contributed by atoms with Crippen LogP contribution in [0.2, 0.25) is 0 Å². The van der Waals surface area contributed by atoms with Gasteiger partial charge in [0.2, 0.25) is 5.91 Å². The van der Waals surface area contributed by atoms with Crippen LogP contribution in [-0.2, 0) is 11.2 Å². The Kier molecular flexibility index (Phi) is 6.21. The molecule has 6 heteroatoms. The van der Waals surface area contributed by atoms with Crippen LogP contribution in [0.25, 0.3) is 0 Å². The van der Waals surface area contributed by atoms with E-state index >= 15 is 0 Å². The zero-order valence-corrected chi connectivity index (χ0v) is 12.9. The minimum absolute atomic E-state index is 0.0683. The van der Waals surface area contributed by atoms with Gasteiger partial charge < -0.3 is 15.4 Å². The molecule has 0 saturated carbocycles. The maximum atomic E-state index is 11.9. The third-order valence-corrected chi connectivity index (χ3v) is 3.82. The smallest absolute Gasteiger partial charge is 0.321 e. The van der Waals surface area contributed by atoms with Gasteiger partial charge in [0, 0.05) is 12.5 Å². The van der Waals surface area contributed by atoms with Gasteiger partial charge in [-0.05, 0) is 44.0 Å².